The third-order valence-corrected chi connectivity index (χ3v) is 4.31. The van der Waals surface area contributed by atoms with E-state index >= 15 is 0 Å². The predicted molar refractivity (Wildman–Crippen MR) is 82.7 cm³/mol. The topological polar surface area (TPSA) is 72.7 Å². The van der Waals surface area contributed by atoms with Crippen LogP contribution >= 0.6 is 11.6 Å². The summed E-state index contributed by atoms with van der Waals surface area (Å²) in [6.45, 7) is 1.53. The summed E-state index contributed by atoms with van der Waals surface area (Å²) in [7, 11) is 0. The molecule has 7 heteroatoms. The van der Waals surface area contributed by atoms with Crippen molar-refractivity contribution >= 4 is 17.5 Å². The van der Waals surface area contributed by atoms with E-state index in [2.05, 4.69) is 20.8 Å². The third-order valence-electron chi connectivity index (χ3n) is 4.07. The van der Waals surface area contributed by atoms with Crippen LogP contribution in [0.2, 0.25) is 5.02 Å². The van der Waals surface area contributed by atoms with E-state index < -0.39 is 5.54 Å². The number of hydrogen-bond donors (Lipinski definition) is 1. The van der Waals surface area contributed by atoms with Crippen LogP contribution in [0.25, 0.3) is 5.69 Å². The van der Waals surface area contributed by atoms with E-state index in [1.807, 2.05) is 18.2 Å². The number of amides is 1. The van der Waals surface area contributed by atoms with E-state index in [0.29, 0.717) is 10.8 Å². The number of benzene rings is 1. The Hall–Kier alpha value is -1.95. The van der Waals surface area contributed by atoms with E-state index in [1.165, 1.54) is 13.3 Å². The molecule has 1 aromatic heterocycles. The van der Waals surface area contributed by atoms with Crippen LogP contribution in [0.4, 0.5) is 0 Å². The predicted octanol–water partition coefficient (Wildman–Crippen LogP) is 2.61. The maximum absolute atomic E-state index is 11.7. The van der Waals surface area contributed by atoms with Crippen molar-refractivity contribution in [1.82, 2.24) is 25.5 Å². The van der Waals surface area contributed by atoms with Gasteiger partial charge in [0.2, 0.25) is 5.91 Å². The molecule has 6 nitrogen and oxygen atoms in total. The Bertz CT molecular complexity index is 678. The molecular formula is C15H18ClN5O. The smallest absolute Gasteiger partial charge is 0.217 e. The van der Waals surface area contributed by atoms with Crippen LogP contribution in [0.15, 0.2) is 24.3 Å². The molecular weight excluding hydrogens is 302 g/mol. The molecule has 1 fully saturated rings. The molecule has 1 N–H and O–H groups in total. The van der Waals surface area contributed by atoms with Gasteiger partial charge in [0.25, 0.3) is 0 Å². The van der Waals surface area contributed by atoms with Crippen LogP contribution in [0, 0.1) is 0 Å². The molecule has 0 spiro atoms. The fourth-order valence-electron chi connectivity index (χ4n) is 3.16. The summed E-state index contributed by atoms with van der Waals surface area (Å²) >= 11 is 6.07. The highest BCUT2D eigenvalue weighted by molar-refractivity contribution is 6.30. The summed E-state index contributed by atoms with van der Waals surface area (Å²) in [5, 5.41) is 15.8. The van der Waals surface area contributed by atoms with E-state index in [4.69, 9.17) is 11.6 Å². The number of rotatable bonds is 3. The van der Waals surface area contributed by atoms with Gasteiger partial charge in [0, 0.05) is 11.9 Å². The minimum atomic E-state index is -0.504. The lowest BCUT2D eigenvalue weighted by molar-refractivity contribution is -0.121. The molecule has 0 saturated heterocycles. The Morgan fingerprint density at radius 1 is 1.32 bits per heavy atom. The van der Waals surface area contributed by atoms with Crippen molar-refractivity contribution in [2.24, 2.45) is 0 Å². The van der Waals surface area contributed by atoms with Gasteiger partial charge in [0.1, 0.15) is 5.54 Å². The largest absolute Gasteiger partial charge is 0.344 e. The molecule has 1 saturated carbocycles. The van der Waals surface area contributed by atoms with Gasteiger partial charge in [0.15, 0.2) is 5.82 Å². The summed E-state index contributed by atoms with van der Waals surface area (Å²) in [4.78, 5) is 11.7. The standard InChI is InChI=1S/C15H18ClN5O/c1-11(22)17-15(8-3-2-4-9-15)14-18-19-20-21(14)13-7-5-6-12(16)10-13/h5-7,10H,2-4,8-9H2,1H3,(H,17,22). The van der Waals surface area contributed by atoms with Gasteiger partial charge in [-0.25, -0.2) is 0 Å². The Balaban J connectivity index is 2.06. The number of aromatic nitrogens is 4. The van der Waals surface area contributed by atoms with Gasteiger partial charge in [0.05, 0.1) is 5.69 Å². The number of nitrogens with one attached hydrogen (secondary N) is 1. The summed E-state index contributed by atoms with van der Waals surface area (Å²) in [5.41, 5.74) is 0.290. The van der Waals surface area contributed by atoms with Gasteiger partial charge in [-0.2, -0.15) is 4.68 Å². The van der Waals surface area contributed by atoms with Gasteiger partial charge < -0.3 is 5.32 Å². The second kappa shape index (κ2) is 6.04. The molecule has 1 aliphatic rings. The van der Waals surface area contributed by atoms with Crippen molar-refractivity contribution < 1.29 is 4.79 Å². The number of nitrogens with zero attached hydrogens (tertiary/aromatic N) is 4. The average molecular weight is 320 g/mol. The SMILES string of the molecule is CC(=O)NC1(c2nnnn2-c2cccc(Cl)c2)CCCCC1. The molecule has 0 unspecified atom stereocenters. The molecule has 1 aromatic carbocycles. The van der Waals surface area contributed by atoms with Crippen molar-refractivity contribution in [3.05, 3.63) is 35.1 Å². The molecule has 0 aliphatic heterocycles. The third kappa shape index (κ3) is 2.83. The summed E-state index contributed by atoms with van der Waals surface area (Å²) in [6, 6.07) is 7.37. The first kappa shape index (κ1) is 15.0. The quantitative estimate of drug-likeness (QED) is 0.943. The first-order chi connectivity index (χ1) is 10.6. The van der Waals surface area contributed by atoms with Gasteiger partial charge >= 0.3 is 0 Å². The number of carbonyl (C=O) groups is 1. The Morgan fingerprint density at radius 2 is 2.09 bits per heavy atom. The van der Waals surface area contributed by atoms with E-state index in [0.717, 1.165) is 31.4 Å². The average Bonchev–Trinajstić information content (AvgIpc) is 2.97. The van der Waals surface area contributed by atoms with Crippen LogP contribution in [0.3, 0.4) is 0 Å². The van der Waals surface area contributed by atoms with Crippen molar-refractivity contribution in [1.29, 1.82) is 0 Å². The summed E-state index contributed by atoms with van der Waals surface area (Å²) in [6.07, 6.45) is 4.94. The van der Waals surface area contributed by atoms with Gasteiger partial charge in [-0.3, -0.25) is 4.79 Å². The van der Waals surface area contributed by atoms with Crippen LogP contribution in [0.5, 0.6) is 0 Å². The van der Waals surface area contributed by atoms with Crippen LogP contribution in [-0.4, -0.2) is 26.1 Å². The second-order valence-electron chi connectivity index (χ2n) is 5.72. The molecule has 0 atom stereocenters. The zero-order valence-corrected chi connectivity index (χ0v) is 13.2. The highest BCUT2D eigenvalue weighted by Crippen LogP contribution is 2.36. The molecule has 22 heavy (non-hydrogen) atoms. The highest BCUT2D eigenvalue weighted by Gasteiger charge is 2.39. The molecule has 1 amide bonds. The lowest BCUT2D eigenvalue weighted by atomic mass is 9.80. The van der Waals surface area contributed by atoms with Crippen molar-refractivity contribution in [2.45, 2.75) is 44.6 Å². The van der Waals surface area contributed by atoms with E-state index in [1.54, 1.807) is 10.7 Å². The monoisotopic (exact) mass is 319 g/mol. The first-order valence-electron chi connectivity index (χ1n) is 7.44. The van der Waals surface area contributed by atoms with Crippen molar-refractivity contribution in [2.75, 3.05) is 0 Å². The Morgan fingerprint density at radius 3 is 2.77 bits per heavy atom. The van der Waals surface area contributed by atoms with Crippen LogP contribution in [0.1, 0.15) is 44.9 Å². The summed E-state index contributed by atoms with van der Waals surface area (Å²) < 4.78 is 1.67. The zero-order valence-electron chi connectivity index (χ0n) is 12.4. The number of tetrazole rings is 1. The molecule has 1 aliphatic carbocycles. The Labute approximate surface area is 133 Å². The van der Waals surface area contributed by atoms with E-state index in [9.17, 15) is 4.79 Å². The maximum atomic E-state index is 11.7. The number of halogens is 1. The highest BCUT2D eigenvalue weighted by atomic mass is 35.5. The molecule has 2 aromatic rings. The van der Waals surface area contributed by atoms with Crippen LogP contribution in [-0.2, 0) is 10.3 Å². The Kier molecular flexibility index (Phi) is 4.11. The van der Waals surface area contributed by atoms with Crippen molar-refractivity contribution in [3.8, 4) is 5.69 Å². The molecule has 0 radical (unpaired) electrons. The molecule has 1 heterocycles. The molecule has 3 rings (SSSR count). The lowest BCUT2D eigenvalue weighted by Crippen LogP contribution is -2.48. The van der Waals surface area contributed by atoms with Crippen LogP contribution < -0.4 is 5.32 Å². The maximum Gasteiger partial charge on any atom is 0.217 e. The minimum absolute atomic E-state index is 0.0671. The number of carbonyl (C=O) groups excluding carboxylic acids is 1. The summed E-state index contributed by atoms with van der Waals surface area (Å²) in [5.74, 6) is 0.604. The zero-order chi connectivity index (χ0) is 15.6. The van der Waals surface area contributed by atoms with Gasteiger partial charge in [-0.05, 0) is 41.5 Å². The minimum Gasteiger partial charge on any atom is -0.344 e. The fraction of sp³-hybridized carbons (Fsp3) is 0.467. The fourth-order valence-corrected chi connectivity index (χ4v) is 3.35. The normalized spacial score (nSPS) is 17.2. The number of hydrogen-bond acceptors (Lipinski definition) is 4. The molecule has 0 bridgehead atoms. The first-order valence-corrected chi connectivity index (χ1v) is 7.82. The van der Waals surface area contributed by atoms with E-state index in [-0.39, 0.29) is 5.91 Å². The lowest BCUT2D eigenvalue weighted by Gasteiger charge is -2.36. The van der Waals surface area contributed by atoms with Gasteiger partial charge in [-0.1, -0.05) is 36.9 Å². The van der Waals surface area contributed by atoms with Gasteiger partial charge in [-0.15, -0.1) is 5.10 Å². The van der Waals surface area contributed by atoms with Crippen molar-refractivity contribution in [3.63, 3.8) is 0 Å². The molecule has 116 valence electrons. The second-order valence-corrected chi connectivity index (χ2v) is 6.15.